The molecule has 0 unspecified atom stereocenters. The predicted molar refractivity (Wildman–Crippen MR) is 66.7 cm³/mol. The van der Waals surface area contributed by atoms with Gasteiger partial charge in [-0.05, 0) is 24.6 Å². The predicted octanol–water partition coefficient (Wildman–Crippen LogP) is 3.65. The van der Waals surface area contributed by atoms with E-state index in [0.29, 0.717) is 11.1 Å². The van der Waals surface area contributed by atoms with Crippen LogP contribution in [0.25, 0.3) is 11.3 Å². The van der Waals surface area contributed by atoms with Crippen molar-refractivity contribution < 1.29 is 17.6 Å². The van der Waals surface area contributed by atoms with Crippen molar-refractivity contribution >= 4 is 5.95 Å². The number of rotatable bonds is 2. The van der Waals surface area contributed by atoms with Crippen LogP contribution in [0.4, 0.5) is 23.5 Å². The van der Waals surface area contributed by atoms with E-state index in [9.17, 15) is 17.6 Å². The maximum atomic E-state index is 13.7. The number of halogens is 4. The topological polar surface area (TPSA) is 37.8 Å². The molecular formula is C13H11F4N3. The molecule has 0 aliphatic carbocycles. The van der Waals surface area contributed by atoms with E-state index >= 15 is 0 Å². The first-order valence-corrected chi connectivity index (χ1v) is 5.71. The monoisotopic (exact) mass is 285 g/mol. The number of alkyl halides is 3. The van der Waals surface area contributed by atoms with Gasteiger partial charge in [-0.25, -0.2) is 14.4 Å². The van der Waals surface area contributed by atoms with Crippen LogP contribution >= 0.6 is 0 Å². The highest BCUT2D eigenvalue weighted by molar-refractivity contribution is 5.65. The van der Waals surface area contributed by atoms with Crippen molar-refractivity contribution in [3.63, 3.8) is 0 Å². The lowest BCUT2D eigenvalue weighted by molar-refractivity contribution is -0.137. The first-order chi connectivity index (χ1) is 9.32. The van der Waals surface area contributed by atoms with Gasteiger partial charge in [-0.1, -0.05) is 6.07 Å². The van der Waals surface area contributed by atoms with Crippen LogP contribution in [0.3, 0.4) is 0 Å². The fourth-order valence-corrected chi connectivity index (χ4v) is 1.78. The summed E-state index contributed by atoms with van der Waals surface area (Å²) in [4.78, 5) is 7.63. The number of benzene rings is 1. The van der Waals surface area contributed by atoms with Crippen LogP contribution in [-0.4, -0.2) is 17.0 Å². The number of nitrogens with one attached hydrogen (secondary N) is 1. The summed E-state index contributed by atoms with van der Waals surface area (Å²) >= 11 is 0. The van der Waals surface area contributed by atoms with Crippen molar-refractivity contribution in [2.24, 2.45) is 0 Å². The normalized spacial score (nSPS) is 11.5. The Morgan fingerprint density at radius 1 is 1.20 bits per heavy atom. The zero-order valence-electron chi connectivity index (χ0n) is 10.7. The van der Waals surface area contributed by atoms with E-state index in [4.69, 9.17) is 0 Å². The number of anilines is 1. The molecule has 0 saturated carbocycles. The van der Waals surface area contributed by atoms with Gasteiger partial charge in [0.25, 0.3) is 0 Å². The molecule has 1 aromatic carbocycles. The van der Waals surface area contributed by atoms with Crippen LogP contribution in [-0.2, 0) is 6.18 Å². The summed E-state index contributed by atoms with van der Waals surface area (Å²) in [7, 11) is 1.57. The average molecular weight is 285 g/mol. The van der Waals surface area contributed by atoms with Crippen LogP contribution in [0.2, 0.25) is 0 Å². The highest BCUT2D eigenvalue weighted by atomic mass is 19.4. The van der Waals surface area contributed by atoms with Gasteiger partial charge in [0.15, 0.2) is 5.82 Å². The van der Waals surface area contributed by atoms with Gasteiger partial charge in [0, 0.05) is 12.6 Å². The Hall–Kier alpha value is -2.18. The van der Waals surface area contributed by atoms with Crippen LogP contribution in [0, 0.1) is 12.7 Å². The summed E-state index contributed by atoms with van der Waals surface area (Å²) in [6.45, 7) is 1.48. The zero-order chi connectivity index (χ0) is 14.9. The minimum absolute atomic E-state index is 0.0319. The van der Waals surface area contributed by atoms with Crippen molar-refractivity contribution in [2.75, 3.05) is 12.4 Å². The molecule has 3 nitrogen and oxygen atoms in total. The summed E-state index contributed by atoms with van der Waals surface area (Å²) in [6.07, 6.45) is -3.45. The third kappa shape index (κ3) is 2.71. The molecule has 7 heteroatoms. The number of hydrogen-bond donors (Lipinski definition) is 1. The molecule has 0 fully saturated rings. The Bertz CT molecular complexity index is 638. The summed E-state index contributed by atoms with van der Waals surface area (Å²) in [5, 5.41) is 2.65. The van der Waals surface area contributed by atoms with Gasteiger partial charge < -0.3 is 5.32 Å². The Morgan fingerprint density at radius 3 is 2.45 bits per heavy atom. The Morgan fingerprint density at radius 2 is 1.90 bits per heavy atom. The molecule has 0 aliphatic rings. The molecule has 2 aromatic rings. The van der Waals surface area contributed by atoms with Crippen LogP contribution in [0.1, 0.15) is 11.1 Å². The highest BCUT2D eigenvalue weighted by Gasteiger charge is 2.30. The molecule has 106 valence electrons. The van der Waals surface area contributed by atoms with Gasteiger partial charge >= 0.3 is 6.18 Å². The molecule has 1 N–H and O–H groups in total. The SMILES string of the molecule is CNc1ncc(F)c(-c2ccc(C(F)(F)F)cc2C)n1. The number of hydrogen-bond acceptors (Lipinski definition) is 3. The first kappa shape index (κ1) is 14.2. The summed E-state index contributed by atoms with van der Waals surface area (Å²) in [5.41, 5.74) is -0.216. The van der Waals surface area contributed by atoms with Crippen LogP contribution in [0.5, 0.6) is 0 Å². The zero-order valence-corrected chi connectivity index (χ0v) is 10.7. The second-order valence-corrected chi connectivity index (χ2v) is 4.17. The fraction of sp³-hybridized carbons (Fsp3) is 0.231. The van der Waals surface area contributed by atoms with E-state index in [2.05, 4.69) is 15.3 Å². The summed E-state index contributed by atoms with van der Waals surface area (Å²) < 4.78 is 51.5. The number of aryl methyl sites for hydroxylation is 1. The first-order valence-electron chi connectivity index (χ1n) is 5.71. The molecule has 0 bridgehead atoms. The Labute approximate surface area is 112 Å². The summed E-state index contributed by atoms with van der Waals surface area (Å²) in [6, 6.07) is 3.09. The molecule has 1 heterocycles. The third-order valence-corrected chi connectivity index (χ3v) is 2.78. The van der Waals surface area contributed by atoms with Crippen LogP contribution < -0.4 is 5.32 Å². The lowest BCUT2D eigenvalue weighted by Gasteiger charge is -2.11. The molecule has 20 heavy (non-hydrogen) atoms. The lowest BCUT2D eigenvalue weighted by Crippen LogP contribution is -2.06. The molecule has 1 aromatic heterocycles. The smallest absolute Gasteiger partial charge is 0.357 e. The average Bonchev–Trinajstić information content (AvgIpc) is 2.38. The van der Waals surface area contributed by atoms with E-state index in [0.717, 1.165) is 18.3 Å². The minimum atomic E-state index is -4.43. The van der Waals surface area contributed by atoms with Gasteiger partial charge in [0.2, 0.25) is 5.95 Å². The van der Waals surface area contributed by atoms with Crippen molar-refractivity contribution in [2.45, 2.75) is 13.1 Å². The van der Waals surface area contributed by atoms with E-state index < -0.39 is 17.6 Å². The molecule has 0 atom stereocenters. The van der Waals surface area contributed by atoms with Crippen molar-refractivity contribution in [1.82, 2.24) is 9.97 Å². The van der Waals surface area contributed by atoms with Crippen molar-refractivity contribution in [3.05, 3.63) is 41.3 Å². The Balaban J connectivity index is 2.54. The van der Waals surface area contributed by atoms with E-state index in [1.165, 1.54) is 13.0 Å². The molecular weight excluding hydrogens is 274 g/mol. The number of aromatic nitrogens is 2. The van der Waals surface area contributed by atoms with Crippen LogP contribution in [0.15, 0.2) is 24.4 Å². The maximum Gasteiger partial charge on any atom is 0.416 e. The molecule has 0 spiro atoms. The van der Waals surface area contributed by atoms with Gasteiger partial charge in [-0.15, -0.1) is 0 Å². The standard InChI is InChI=1S/C13H11F4N3/c1-7-5-8(13(15,16)17)3-4-9(7)11-10(14)6-19-12(18-2)20-11/h3-6H,1-2H3,(H,18,19,20). The summed E-state index contributed by atoms with van der Waals surface area (Å²) in [5.74, 6) is -0.493. The van der Waals surface area contributed by atoms with E-state index in [1.54, 1.807) is 7.05 Å². The molecule has 0 aliphatic heterocycles. The quantitative estimate of drug-likeness (QED) is 0.856. The molecule has 0 saturated heterocycles. The van der Waals surface area contributed by atoms with E-state index in [-0.39, 0.29) is 11.6 Å². The highest BCUT2D eigenvalue weighted by Crippen LogP contribution is 2.33. The second-order valence-electron chi connectivity index (χ2n) is 4.17. The van der Waals surface area contributed by atoms with Crippen molar-refractivity contribution in [3.8, 4) is 11.3 Å². The fourth-order valence-electron chi connectivity index (χ4n) is 1.78. The lowest BCUT2D eigenvalue weighted by atomic mass is 10.0. The largest absolute Gasteiger partial charge is 0.416 e. The molecule has 2 rings (SSSR count). The maximum absolute atomic E-state index is 13.7. The van der Waals surface area contributed by atoms with Gasteiger partial charge in [-0.2, -0.15) is 13.2 Å². The van der Waals surface area contributed by atoms with Gasteiger partial charge in [0.05, 0.1) is 11.8 Å². The minimum Gasteiger partial charge on any atom is -0.357 e. The van der Waals surface area contributed by atoms with E-state index in [1.807, 2.05) is 0 Å². The van der Waals surface area contributed by atoms with Gasteiger partial charge in [0.1, 0.15) is 5.69 Å². The van der Waals surface area contributed by atoms with Gasteiger partial charge in [-0.3, -0.25) is 0 Å². The molecule has 0 amide bonds. The third-order valence-electron chi connectivity index (χ3n) is 2.78. The second kappa shape index (κ2) is 5.07. The molecule has 0 radical (unpaired) electrons. The van der Waals surface area contributed by atoms with Crippen molar-refractivity contribution in [1.29, 1.82) is 0 Å². The number of nitrogens with zero attached hydrogens (tertiary/aromatic N) is 2. The Kier molecular flexibility index (Phi) is 3.61.